The number of amides is 1. The number of carboxylic acids is 2. The van der Waals surface area contributed by atoms with E-state index < -0.39 is 36.5 Å². The van der Waals surface area contributed by atoms with Gasteiger partial charge in [0.2, 0.25) is 5.91 Å². The van der Waals surface area contributed by atoms with Crippen molar-refractivity contribution in [3.05, 3.63) is 24.3 Å². The average Bonchev–Trinajstić information content (AvgIpc) is 2.81. The second-order valence-electron chi connectivity index (χ2n) is 7.05. The number of hydrogen-bond acceptors (Lipinski definition) is 6. The molecule has 1 heterocycles. The zero-order valence-electron chi connectivity index (χ0n) is 16.4. The smallest absolute Gasteiger partial charge is 0.323 e. The second kappa shape index (κ2) is 11.8. The van der Waals surface area contributed by atoms with E-state index in [4.69, 9.17) is 5.73 Å². The van der Waals surface area contributed by atoms with Crippen LogP contribution in [0, 0.1) is 0 Å². The number of carbonyl (C=O) groups excluding carboxylic acids is 1. The Labute approximate surface area is 174 Å². The number of carboxylic acid groups (broad SMARTS) is 2. The Kier molecular flexibility index (Phi) is 9.43. The molecule has 1 aromatic carbocycles. The van der Waals surface area contributed by atoms with Gasteiger partial charge in [0, 0.05) is 10.6 Å². The lowest BCUT2D eigenvalue weighted by Crippen LogP contribution is -2.53. The van der Waals surface area contributed by atoms with Crippen molar-refractivity contribution >= 4 is 35.3 Å². The molecule has 1 aromatic rings. The number of benzene rings is 1. The first kappa shape index (κ1) is 23.2. The summed E-state index contributed by atoms with van der Waals surface area (Å²) < 4.78 is 0. The van der Waals surface area contributed by atoms with Gasteiger partial charge in [-0.3, -0.25) is 24.6 Å². The molecule has 2 rings (SSSR count). The molecule has 0 saturated heterocycles. The SMILES string of the molecule is NCCCCCCC[C@H](NC1CSc2ccccc2N(CC(=O)O)C1=O)C(=O)O. The fourth-order valence-electron chi connectivity index (χ4n) is 3.32. The number of para-hydroxylation sites is 1. The van der Waals surface area contributed by atoms with Crippen LogP contribution in [0.4, 0.5) is 5.69 Å². The van der Waals surface area contributed by atoms with Crippen molar-refractivity contribution in [1.82, 2.24) is 5.32 Å². The van der Waals surface area contributed by atoms with Crippen molar-refractivity contribution in [3.8, 4) is 0 Å². The molecule has 0 aliphatic carbocycles. The molecule has 1 aliphatic heterocycles. The van der Waals surface area contributed by atoms with E-state index in [9.17, 15) is 24.6 Å². The van der Waals surface area contributed by atoms with Gasteiger partial charge in [-0.15, -0.1) is 11.8 Å². The van der Waals surface area contributed by atoms with Crippen LogP contribution in [0.15, 0.2) is 29.2 Å². The van der Waals surface area contributed by atoms with Gasteiger partial charge in [0.05, 0.1) is 11.7 Å². The summed E-state index contributed by atoms with van der Waals surface area (Å²) in [6.07, 6.45) is 5.06. The van der Waals surface area contributed by atoms with Gasteiger partial charge >= 0.3 is 11.9 Å². The van der Waals surface area contributed by atoms with E-state index in [0.29, 0.717) is 24.4 Å². The summed E-state index contributed by atoms with van der Waals surface area (Å²) in [6.45, 7) is 0.198. The summed E-state index contributed by atoms with van der Waals surface area (Å²) in [5.41, 5.74) is 6.01. The minimum atomic E-state index is -1.12. The minimum Gasteiger partial charge on any atom is -0.480 e. The molecule has 1 aliphatic rings. The van der Waals surface area contributed by atoms with Crippen LogP contribution < -0.4 is 16.0 Å². The number of unbranched alkanes of at least 4 members (excludes halogenated alkanes) is 4. The van der Waals surface area contributed by atoms with Crippen LogP contribution >= 0.6 is 11.8 Å². The third-order valence-electron chi connectivity index (χ3n) is 4.82. The normalized spacial score (nSPS) is 17.5. The molecule has 1 amide bonds. The standard InChI is InChI=1S/C20H29N3O5S/c21-11-7-3-1-2-4-8-14(20(27)28)22-15-13-29-17-10-6-5-9-16(17)23(19(15)26)12-18(24)25/h5-6,9-10,14-15,22H,1-4,7-8,11-13,21H2,(H,24,25)(H,27,28)/t14-,15?/m0/s1. The van der Waals surface area contributed by atoms with Crippen molar-refractivity contribution in [2.75, 3.05) is 23.7 Å². The monoisotopic (exact) mass is 423 g/mol. The van der Waals surface area contributed by atoms with Crippen molar-refractivity contribution in [1.29, 1.82) is 0 Å². The second-order valence-corrected chi connectivity index (χ2v) is 8.11. The third-order valence-corrected chi connectivity index (χ3v) is 5.97. The van der Waals surface area contributed by atoms with Gasteiger partial charge in [0.25, 0.3) is 0 Å². The van der Waals surface area contributed by atoms with E-state index >= 15 is 0 Å². The number of rotatable bonds is 12. The molecule has 9 heteroatoms. The lowest BCUT2D eigenvalue weighted by molar-refractivity contribution is -0.140. The van der Waals surface area contributed by atoms with Crippen molar-refractivity contribution in [3.63, 3.8) is 0 Å². The van der Waals surface area contributed by atoms with Crippen LogP contribution in [0.3, 0.4) is 0 Å². The summed E-state index contributed by atoms with van der Waals surface area (Å²) in [4.78, 5) is 38.1. The molecule has 2 atom stereocenters. The Balaban J connectivity index is 2.05. The molecule has 8 nitrogen and oxygen atoms in total. The van der Waals surface area contributed by atoms with Crippen LogP contribution in [0.2, 0.25) is 0 Å². The molecule has 0 bridgehead atoms. The number of thioether (sulfide) groups is 1. The predicted molar refractivity (Wildman–Crippen MR) is 112 cm³/mol. The zero-order valence-corrected chi connectivity index (χ0v) is 17.2. The minimum absolute atomic E-state index is 0.340. The van der Waals surface area contributed by atoms with Gasteiger partial charge in [-0.2, -0.15) is 0 Å². The number of nitrogens with zero attached hydrogens (tertiary/aromatic N) is 1. The van der Waals surface area contributed by atoms with Gasteiger partial charge in [0.15, 0.2) is 0 Å². The molecule has 29 heavy (non-hydrogen) atoms. The van der Waals surface area contributed by atoms with E-state index in [1.807, 2.05) is 12.1 Å². The molecule has 5 N–H and O–H groups in total. The summed E-state index contributed by atoms with van der Waals surface area (Å²) >= 11 is 1.42. The van der Waals surface area contributed by atoms with E-state index in [1.54, 1.807) is 12.1 Å². The Morgan fingerprint density at radius 1 is 1.17 bits per heavy atom. The van der Waals surface area contributed by atoms with Gasteiger partial charge in [-0.1, -0.05) is 37.8 Å². The van der Waals surface area contributed by atoms with E-state index in [-0.39, 0.29) is 0 Å². The van der Waals surface area contributed by atoms with E-state index in [2.05, 4.69) is 5.32 Å². The van der Waals surface area contributed by atoms with Crippen molar-refractivity contribution in [2.45, 2.75) is 55.5 Å². The van der Waals surface area contributed by atoms with Crippen LogP contribution in [0.1, 0.15) is 38.5 Å². The lowest BCUT2D eigenvalue weighted by Gasteiger charge is -2.26. The summed E-state index contributed by atoms with van der Waals surface area (Å²) in [6, 6.07) is 5.49. The van der Waals surface area contributed by atoms with Crippen molar-refractivity contribution < 1.29 is 24.6 Å². The number of fused-ring (bicyclic) bond motifs is 1. The highest BCUT2D eigenvalue weighted by atomic mass is 32.2. The Bertz CT molecular complexity index is 715. The van der Waals surface area contributed by atoms with Gasteiger partial charge in [-0.05, 0) is 31.5 Å². The third kappa shape index (κ3) is 7.02. The van der Waals surface area contributed by atoms with Crippen molar-refractivity contribution in [2.24, 2.45) is 5.73 Å². The first-order chi connectivity index (χ1) is 13.9. The Morgan fingerprint density at radius 2 is 1.86 bits per heavy atom. The topological polar surface area (TPSA) is 133 Å². The average molecular weight is 424 g/mol. The number of nitrogens with two attached hydrogens (primary N) is 1. The molecule has 0 spiro atoms. The Morgan fingerprint density at radius 3 is 2.55 bits per heavy atom. The highest BCUT2D eigenvalue weighted by Gasteiger charge is 2.34. The van der Waals surface area contributed by atoms with Crippen LogP contribution in [0.25, 0.3) is 0 Å². The lowest BCUT2D eigenvalue weighted by atomic mass is 10.1. The zero-order chi connectivity index (χ0) is 21.2. The van der Waals surface area contributed by atoms with Crippen LogP contribution in [0.5, 0.6) is 0 Å². The number of hydrogen-bond donors (Lipinski definition) is 4. The summed E-state index contributed by atoms with van der Waals surface area (Å²) in [5.74, 6) is -2.20. The first-order valence-corrected chi connectivity index (χ1v) is 10.9. The summed E-state index contributed by atoms with van der Waals surface area (Å²) in [7, 11) is 0. The van der Waals surface area contributed by atoms with Crippen LogP contribution in [-0.2, 0) is 14.4 Å². The van der Waals surface area contributed by atoms with Gasteiger partial charge in [0.1, 0.15) is 12.6 Å². The number of anilines is 1. The van der Waals surface area contributed by atoms with Gasteiger partial charge < -0.3 is 15.9 Å². The largest absolute Gasteiger partial charge is 0.480 e. The maximum Gasteiger partial charge on any atom is 0.323 e. The van der Waals surface area contributed by atoms with E-state index in [1.165, 1.54) is 16.7 Å². The molecule has 0 aromatic heterocycles. The van der Waals surface area contributed by atoms with Gasteiger partial charge in [-0.25, -0.2) is 0 Å². The number of aliphatic carboxylic acids is 2. The first-order valence-electron chi connectivity index (χ1n) is 9.88. The highest BCUT2D eigenvalue weighted by molar-refractivity contribution is 7.99. The quantitative estimate of drug-likeness (QED) is 0.375. The summed E-state index contributed by atoms with van der Waals surface area (Å²) in [5, 5.41) is 21.8. The molecule has 0 radical (unpaired) electrons. The number of carbonyl (C=O) groups is 3. The molecule has 0 fully saturated rings. The maximum absolute atomic E-state index is 13.0. The Hall–Kier alpha value is -2.10. The molecule has 160 valence electrons. The fraction of sp³-hybridized carbons (Fsp3) is 0.550. The highest BCUT2D eigenvalue weighted by Crippen LogP contribution is 2.34. The molecular formula is C20H29N3O5S. The van der Waals surface area contributed by atoms with Crippen LogP contribution in [-0.4, -0.2) is 59.0 Å². The molecule has 0 saturated carbocycles. The fourth-order valence-corrected chi connectivity index (χ4v) is 4.40. The predicted octanol–water partition coefficient (Wildman–Crippen LogP) is 1.92. The molecule has 1 unspecified atom stereocenters. The maximum atomic E-state index is 13.0. The van der Waals surface area contributed by atoms with E-state index in [0.717, 1.165) is 37.0 Å². The molecular weight excluding hydrogens is 394 g/mol. The number of nitrogens with one attached hydrogen (secondary N) is 1.